The maximum absolute atomic E-state index is 13.1. The van der Waals surface area contributed by atoms with Gasteiger partial charge < -0.3 is 5.11 Å². The van der Waals surface area contributed by atoms with Gasteiger partial charge in [0.1, 0.15) is 17.6 Å². The standard InChI is InChI=1S/C12H14FNO/c1-3-4-8(2)11-6-10(13)5-9(7-14)12(11)15/h5-6,8,15H,3-4H2,1-2H3. The Hall–Kier alpha value is -1.56. The van der Waals surface area contributed by atoms with Crippen LogP contribution in [0.4, 0.5) is 4.39 Å². The van der Waals surface area contributed by atoms with Crippen LogP contribution in [0.2, 0.25) is 0 Å². The fourth-order valence-electron chi connectivity index (χ4n) is 1.67. The SMILES string of the molecule is CCCC(C)c1cc(F)cc(C#N)c1O. The van der Waals surface area contributed by atoms with Crippen LogP contribution in [0.5, 0.6) is 5.75 Å². The van der Waals surface area contributed by atoms with E-state index < -0.39 is 5.82 Å². The first-order chi connectivity index (χ1) is 7.10. The van der Waals surface area contributed by atoms with Crippen LogP contribution in [0.15, 0.2) is 12.1 Å². The van der Waals surface area contributed by atoms with Crippen molar-refractivity contribution in [2.24, 2.45) is 0 Å². The van der Waals surface area contributed by atoms with Crippen molar-refractivity contribution >= 4 is 0 Å². The largest absolute Gasteiger partial charge is 0.506 e. The van der Waals surface area contributed by atoms with Crippen molar-refractivity contribution in [1.82, 2.24) is 0 Å². The highest BCUT2D eigenvalue weighted by Gasteiger charge is 2.14. The van der Waals surface area contributed by atoms with Gasteiger partial charge in [0.05, 0.1) is 5.56 Å². The number of halogens is 1. The third-order valence-corrected chi connectivity index (χ3v) is 2.48. The zero-order valence-electron chi connectivity index (χ0n) is 8.92. The summed E-state index contributed by atoms with van der Waals surface area (Å²) in [5.41, 5.74) is 0.529. The zero-order chi connectivity index (χ0) is 11.4. The molecule has 0 aliphatic carbocycles. The molecule has 80 valence electrons. The topological polar surface area (TPSA) is 44.0 Å². The Balaban J connectivity index is 3.18. The summed E-state index contributed by atoms with van der Waals surface area (Å²) in [7, 11) is 0. The van der Waals surface area contributed by atoms with Crippen LogP contribution in [0.3, 0.4) is 0 Å². The molecule has 0 aromatic heterocycles. The highest BCUT2D eigenvalue weighted by molar-refractivity contribution is 5.49. The zero-order valence-corrected chi connectivity index (χ0v) is 8.92. The number of nitriles is 1. The minimum atomic E-state index is -0.470. The Kier molecular flexibility index (Phi) is 3.68. The number of phenolic OH excluding ortho intramolecular Hbond substituents is 1. The van der Waals surface area contributed by atoms with Crippen LogP contribution < -0.4 is 0 Å². The van der Waals surface area contributed by atoms with Crippen LogP contribution in [-0.2, 0) is 0 Å². The van der Waals surface area contributed by atoms with Crippen LogP contribution in [0.25, 0.3) is 0 Å². The minimum Gasteiger partial charge on any atom is -0.506 e. The van der Waals surface area contributed by atoms with Gasteiger partial charge in [0.2, 0.25) is 0 Å². The Labute approximate surface area is 89.0 Å². The fraction of sp³-hybridized carbons (Fsp3) is 0.417. The molecule has 0 aliphatic heterocycles. The van der Waals surface area contributed by atoms with Gasteiger partial charge >= 0.3 is 0 Å². The Morgan fingerprint density at radius 2 is 2.20 bits per heavy atom. The molecule has 1 atom stereocenters. The molecule has 3 heteroatoms. The van der Waals surface area contributed by atoms with Gasteiger partial charge in [0.25, 0.3) is 0 Å². The number of benzene rings is 1. The molecule has 0 fully saturated rings. The van der Waals surface area contributed by atoms with E-state index in [4.69, 9.17) is 5.26 Å². The van der Waals surface area contributed by atoms with Crippen molar-refractivity contribution in [3.05, 3.63) is 29.1 Å². The minimum absolute atomic E-state index is 0.00736. The van der Waals surface area contributed by atoms with Crippen molar-refractivity contribution in [2.45, 2.75) is 32.6 Å². The van der Waals surface area contributed by atoms with Gasteiger partial charge in [-0.3, -0.25) is 0 Å². The molecule has 1 aromatic carbocycles. The molecule has 0 amide bonds. The molecule has 0 saturated carbocycles. The normalized spacial score (nSPS) is 12.1. The second kappa shape index (κ2) is 4.79. The van der Waals surface area contributed by atoms with Gasteiger partial charge in [0, 0.05) is 5.56 Å². The molecule has 0 heterocycles. The van der Waals surface area contributed by atoms with Crippen molar-refractivity contribution in [2.75, 3.05) is 0 Å². The number of phenols is 1. The van der Waals surface area contributed by atoms with Crippen molar-refractivity contribution in [3.63, 3.8) is 0 Å². The molecule has 0 spiro atoms. The molecule has 2 nitrogen and oxygen atoms in total. The maximum Gasteiger partial charge on any atom is 0.137 e. The van der Waals surface area contributed by atoms with Gasteiger partial charge in [0.15, 0.2) is 0 Å². The van der Waals surface area contributed by atoms with Crippen molar-refractivity contribution in [3.8, 4) is 11.8 Å². The summed E-state index contributed by atoms with van der Waals surface area (Å²) in [5, 5.41) is 18.4. The van der Waals surface area contributed by atoms with E-state index >= 15 is 0 Å². The van der Waals surface area contributed by atoms with E-state index in [2.05, 4.69) is 0 Å². The van der Waals surface area contributed by atoms with E-state index in [1.807, 2.05) is 13.8 Å². The highest BCUT2D eigenvalue weighted by Crippen LogP contribution is 2.32. The highest BCUT2D eigenvalue weighted by atomic mass is 19.1. The van der Waals surface area contributed by atoms with Crippen LogP contribution in [0.1, 0.15) is 43.7 Å². The molecule has 0 saturated heterocycles. The summed E-state index contributed by atoms with van der Waals surface area (Å²) in [4.78, 5) is 0. The molecule has 1 unspecified atom stereocenters. The van der Waals surface area contributed by atoms with Gasteiger partial charge in [-0.2, -0.15) is 5.26 Å². The first kappa shape index (κ1) is 11.5. The predicted molar refractivity (Wildman–Crippen MR) is 56.1 cm³/mol. The lowest BCUT2D eigenvalue weighted by Crippen LogP contribution is -1.96. The van der Waals surface area contributed by atoms with Gasteiger partial charge in [-0.25, -0.2) is 4.39 Å². The lowest BCUT2D eigenvalue weighted by molar-refractivity contribution is 0.455. The monoisotopic (exact) mass is 207 g/mol. The second-order valence-electron chi connectivity index (χ2n) is 3.69. The molecular formula is C12H14FNO. The lowest BCUT2D eigenvalue weighted by atomic mass is 9.94. The van der Waals surface area contributed by atoms with Gasteiger partial charge in [-0.05, 0) is 24.5 Å². The van der Waals surface area contributed by atoms with E-state index in [9.17, 15) is 9.50 Å². The molecule has 1 N–H and O–H groups in total. The van der Waals surface area contributed by atoms with E-state index in [0.717, 1.165) is 18.9 Å². The number of hydrogen-bond acceptors (Lipinski definition) is 2. The first-order valence-corrected chi connectivity index (χ1v) is 5.02. The molecule has 0 radical (unpaired) electrons. The van der Waals surface area contributed by atoms with Crippen molar-refractivity contribution in [1.29, 1.82) is 5.26 Å². The fourth-order valence-corrected chi connectivity index (χ4v) is 1.67. The van der Waals surface area contributed by atoms with E-state index in [1.54, 1.807) is 6.07 Å². The van der Waals surface area contributed by atoms with E-state index in [-0.39, 0.29) is 17.2 Å². The van der Waals surface area contributed by atoms with Crippen LogP contribution in [-0.4, -0.2) is 5.11 Å². The van der Waals surface area contributed by atoms with Gasteiger partial charge in [-0.15, -0.1) is 0 Å². The number of hydrogen-bond donors (Lipinski definition) is 1. The average Bonchev–Trinajstić information content (AvgIpc) is 2.21. The lowest BCUT2D eigenvalue weighted by Gasteiger charge is -2.13. The van der Waals surface area contributed by atoms with E-state index in [1.165, 1.54) is 6.07 Å². The molecular weight excluding hydrogens is 193 g/mol. The third-order valence-electron chi connectivity index (χ3n) is 2.48. The number of rotatable bonds is 3. The second-order valence-corrected chi connectivity index (χ2v) is 3.69. The predicted octanol–water partition coefficient (Wildman–Crippen LogP) is 3.31. The van der Waals surface area contributed by atoms with Crippen molar-refractivity contribution < 1.29 is 9.50 Å². The molecule has 1 rings (SSSR count). The molecule has 0 bridgehead atoms. The smallest absolute Gasteiger partial charge is 0.137 e. The first-order valence-electron chi connectivity index (χ1n) is 5.02. The number of aromatic hydroxyl groups is 1. The summed E-state index contributed by atoms with van der Waals surface area (Å²) in [6, 6.07) is 4.14. The Bertz CT molecular complexity index is 395. The third kappa shape index (κ3) is 2.47. The van der Waals surface area contributed by atoms with Gasteiger partial charge in [-0.1, -0.05) is 20.3 Å². The summed E-state index contributed by atoms with van der Waals surface area (Å²) < 4.78 is 13.1. The Morgan fingerprint density at radius 1 is 1.53 bits per heavy atom. The maximum atomic E-state index is 13.1. The molecule has 15 heavy (non-hydrogen) atoms. The van der Waals surface area contributed by atoms with Crippen LogP contribution >= 0.6 is 0 Å². The van der Waals surface area contributed by atoms with E-state index in [0.29, 0.717) is 5.56 Å². The summed E-state index contributed by atoms with van der Waals surface area (Å²) in [5.74, 6) is -0.486. The summed E-state index contributed by atoms with van der Waals surface area (Å²) in [6.45, 7) is 3.94. The Morgan fingerprint density at radius 3 is 2.73 bits per heavy atom. The molecule has 1 aromatic rings. The quantitative estimate of drug-likeness (QED) is 0.826. The summed E-state index contributed by atoms with van der Waals surface area (Å²) in [6.07, 6.45) is 1.82. The average molecular weight is 207 g/mol. The molecule has 0 aliphatic rings. The summed E-state index contributed by atoms with van der Waals surface area (Å²) >= 11 is 0. The van der Waals surface area contributed by atoms with Crippen LogP contribution in [0, 0.1) is 17.1 Å². The number of nitrogens with zero attached hydrogens (tertiary/aromatic N) is 1.